The molecule has 0 radical (unpaired) electrons. The van der Waals surface area contributed by atoms with Gasteiger partial charge in [-0.2, -0.15) is 0 Å². The fourth-order valence-electron chi connectivity index (χ4n) is 2.03. The number of benzene rings is 2. The average molecular weight is 252 g/mol. The van der Waals surface area contributed by atoms with Gasteiger partial charge in [-0.25, -0.2) is 0 Å². The lowest BCUT2D eigenvalue weighted by Crippen LogP contribution is -1.81. The molecule has 0 N–H and O–H groups in total. The van der Waals surface area contributed by atoms with Crippen LogP contribution in [0.3, 0.4) is 0 Å². The number of fused-ring (bicyclic) bond motifs is 2. The second-order valence-electron chi connectivity index (χ2n) is 3.87. The van der Waals surface area contributed by atoms with Gasteiger partial charge in [-0.3, -0.25) is 0 Å². The van der Waals surface area contributed by atoms with Crippen LogP contribution in [0.15, 0.2) is 48.6 Å². The molecule has 0 fully saturated rings. The van der Waals surface area contributed by atoms with Crippen molar-refractivity contribution in [1.29, 1.82) is 0 Å². The monoisotopic (exact) mass is 252 g/mol. The van der Waals surface area contributed by atoms with Crippen molar-refractivity contribution in [2.75, 3.05) is 0 Å². The van der Waals surface area contributed by atoms with E-state index in [0.29, 0.717) is 0 Å². The zero-order valence-corrected chi connectivity index (χ0v) is 12.5. The molecule has 1 aliphatic carbocycles. The van der Waals surface area contributed by atoms with Gasteiger partial charge in [-0.1, -0.05) is 76.3 Å². The molecular formula is C19H24. The van der Waals surface area contributed by atoms with Gasteiger partial charge < -0.3 is 0 Å². The van der Waals surface area contributed by atoms with Crippen LogP contribution in [0.2, 0.25) is 0 Å². The van der Waals surface area contributed by atoms with Crippen molar-refractivity contribution in [3.63, 3.8) is 0 Å². The Balaban J connectivity index is 0.000000415. The molecule has 0 unspecified atom stereocenters. The van der Waals surface area contributed by atoms with Gasteiger partial charge in [-0.05, 0) is 40.5 Å². The average Bonchev–Trinajstić information content (AvgIpc) is 2.74. The number of rotatable bonds is 0. The minimum absolute atomic E-state index is 1.03. The van der Waals surface area contributed by atoms with Crippen LogP contribution in [0.25, 0.3) is 22.9 Å². The highest BCUT2D eigenvalue weighted by atomic mass is 14.1. The molecule has 0 aliphatic heterocycles. The Morgan fingerprint density at radius 2 is 1.11 bits per heavy atom. The van der Waals surface area contributed by atoms with Gasteiger partial charge in [0.1, 0.15) is 0 Å². The summed E-state index contributed by atoms with van der Waals surface area (Å²) in [5.74, 6) is 0. The quantitative estimate of drug-likeness (QED) is 0.514. The molecule has 0 saturated carbocycles. The maximum Gasteiger partial charge on any atom is -0.0162 e. The second kappa shape index (κ2) is 8.31. The van der Waals surface area contributed by atoms with Crippen molar-refractivity contribution in [1.82, 2.24) is 0 Å². The summed E-state index contributed by atoms with van der Waals surface area (Å²) in [7, 11) is 0. The Labute approximate surface area is 117 Å². The predicted octanol–water partition coefficient (Wildman–Crippen LogP) is 6.32. The Bertz CT molecular complexity index is 509. The van der Waals surface area contributed by atoms with Crippen molar-refractivity contribution in [2.24, 2.45) is 0 Å². The lowest BCUT2D eigenvalue weighted by molar-refractivity contribution is 1.44. The van der Waals surface area contributed by atoms with Crippen LogP contribution in [-0.2, 0) is 0 Å². The molecule has 0 saturated heterocycles. The maximum absolute atomic E-state index is 2.26. The van der Waals surface area contributed by atoms with Gasteiger partial charge in [-0.15, -0.1) is 0 Å². The molecule has 0 aromatic heterocycles. The Kier molecular flexibility index (Phi) is 6.67. The third kappa shape index (κ3) is 3.82. The van der Waals surface area contributed by atoms with Crippen molar-refractivity contribution in [3.8, 4) is 0 Å². The number of allylic oxidation sites excluding steroid dienone is 2. The normalized spacial score (nSPS) is 11.6. The smallest absolute Gasteiger partial charge is 0.0162 e. The van der Waals surface area contributed by atoms with E-state index in [1.54, 1.807) is 0 Å². The predicted molar refractivity (Wildman–Crippen MR) is 89.3 cm³/mol. The van der Waals surface area contributed by atoms with Crippen LogP contribution in [0.4, 0.5) is 0 Å². The van der Waals surface area contributed by atoms with E-state index in [-0.39, 0.29) is 0 Å². The summed E-state index contributed by atoms with van der Waals surface area (Å²) in [5, 5.41) is 2.63. The molecule has 100 valence electrons. The number of hydrogen-bond donors (Lipinski definition) is 0. The van der Waals surface area contributed by atoms with E-state index in [1.165, 1.54) is 21.9 Å². The van der Waals surface area contributed by atoms with Crippen molar-refractivity contribution in [3.05, 3.63) is 59.7 Å². The fraction of sp³-hybridized carbons (Fsp3) is 0.263. The van der Waals surface area contributed by atoms with E-state index in [1.807, 2.05) is 27.7 Å². The van der Waals surface area contributed by atoms with E-state index in [9.17, 15) is 0 Å². The van der Waals surface area contributed by atoms with Gasteiger partial charge in [0.05, 0.1) is 0 Å². The highest BCUT2D eigenvalue weighted by Crippen LogP contribution is 2.24. The Morgan fingerprint density at radius 3 is 1.53 bits per heavy atom. The zero-order chi connectivity index (χ0) is 14.1. The van der Waals surface area contributed by atoms with Crippen molar-refractivity contribution >= 4 is 22.9 Å². The number of hydrogen-bond acceptors (Lipinski definition) is 0. The first kappa shape index (κ1) is 15.2. The van der Waals surface area contributed by atoms with E-state index < -0.39 is 0 Å². The van der Waals surface area contributed by atoms with Gasteiger partial charge in [0.25, 0.3) is 0 Å². The van der Waals surface area contributed by atoms with Gasteiger partial charge in [0.2, 0.25) is 0 Å². The van der Waals surface area contributed by atoms with Crippen molar-refractivity contribution in [2.45, 2.75) is 34.1 Å². The first-order valence-corrected chi connectivity index (χ1v) is 7.29. The van der Waals surface area contributed by atoms with Crippen LogP contribution >= 0.6 is 0 Å². The second-order valence-corrected chi connectivity index (χ2v) is 3.87. The van der Waals surface area contributed by atoms with Crippen LogP contribution in [0.1, 0.15) is 45.2 Å². The van der Waals surface area contributed by atoms with E-state index in [0.717, 1.165) is 6.42 Å². The van der Waals surface area contributed by atoms with Gasteiger partial charge >= 0.3 is 0 Å². The van der Waals surface area contributed by atoms with Gasteiger partial charge in [0, 0.05) is 0 Å². The molecule has 0 amide bonds. The molecule has 3 rings (SSSR count). The summed E-state index contributed by atoms with van der Waals surface area (Å²) < 4.78 is 0. The first-order valence-electron chi connectivity index (χ1n) is 7.29. The molecule has 19 heavy (non-hydrogen) atoms. The molecule has 1 aliphatic rings. The first-order chi connectivity index (χ1) is 9.43. The summed E-state index contributed by atoms with van der Waals surface area (Å²) in [5.41, 5.74) is 2.64. The lowest BCUT2D eigenvalue weighted by Gasteiger charge is -2.03. The molecule has 0 nitrogen and oxygen atoms in total. The standard InChI is InChI=1S/C15H12.2C2H6/c1-2-6-12-10-14-8-4-5-9-15(14)11-13(12)7-3-1;2*1-2/h2-11H,1H2;2*1-2H3. The summed E-state index contributed by atoms with van der Waals surface area (Å²) >= 11 is 0. The van der Waals surface area contributed by atoms with E-state index in [2.05, 4.69) is 60.7 Å². The minimum atomic E-state index is 1.03. The summed E-state index contributed by atoms with van der Waals surface area (Å²) in [6.07, 6.45) is 9.86. The topological polar surface area (TPSA) is 0 Å². The fourth-order valence-corrected chi connectivity index (χ4v) is 2.03. The summed E-state index contributed by atoms with van der Waals surface area (Å²) in [6, 6.07) is 13.0. The third-order valence-electron chi connectivity index (χ3n) is 2.82. The lowest BCUT2D eigenvalue weighted by atomic mass is 10.0. The molecule has 0 atom stereocenters. The molecular weight excluding hydrogens is 228 g/mol. The molecule has 0 bridgehead atoms. The largest absolute Gasteiger partial charge is 0.0801 e. The van der Waals surface area contributed by atoms with Crippen molar-refractivity contribution < 1.29 is 0 Å². The summed E-state index contributed by atoms with van der Waals surface area (Å²) in [6.45, 7) is 8.00. The molecule has 2 aromatic carbocycles. The molecule has 0 heteroatoms. The molecule has 0 heterocycles. The van der Waals surface area contributed by atoms with E-state index >= 15 is 0 Å². The Morgan fingerprint density at radius 1 is 0.684 bits per heavy atom. The zero-order valence-electron chi connectivity index (χ0n) is 12.5. The van der Waals surface area contributed by atoms with Crippen LogP contribution in [0, 0.1) is 0 Å². The minimum Gasteiger partial charge on any atom is -0.0801 e. The van der Waals surface area contributed by atoms with Crippen LogP contribution < -0.4 is 0 Å². The third-order valence-corrected chi connectivity index (χ3v) is 2.82. The van der Waals surface area contributed by atoms with Crippen LogP contribution in [0.5, 0.6) is 0 Å². The molecule has 2 aromatic rings. The summed E-state index contributed by atoms with van der Waals surface area (Å²) in [4.78, 5) is 0. The van der Waals surface area contributed by atoms with Gasteiger partial charge in [0.15, 0.2) is 0 Å². The van der Waals surface area contributed by atoms with E-state index in [4.69, 9.17) is 0 Å². The SMILES string of the molecule is C1=Cc2cc3ccccc3cc2C=CC1.CC.CC. The highest BCUT2D eigenvalue weighted by molar-refractivity contribution is 5.88. The molecule has 0 spiro atoms. The van der Waals surface area contributed by atoms with Crippen LogP contribution in [-0.4, -0.2) is 0 Å². The highest BCUT2D eigenvalue weighted by Gasteiger charge is 2.01. The maximum atomic E-state index is 2.26. The Hall–Kier alpha value is -1.82.